The maximum absolute atomic E-state index is 12.6. The number of amides is 1. The minimum absolute atomic E-state index is 0.124. The lowest BCUT2D eigenvalue weighted by Gasteiger charge is -2.40. The summed E-state index contributed by atoms with van der Waals surface area (Å²) in [5.41, 5.74) is 1.93. The molecule has 2 aliphatic rings. The highest BCUT2D eigenvalue weighted by molar-refractivity contribution is 6.06. The van der Waals surface area contributed by atoms with Crippen LogP contribution in [0.5, 0.6) is 0 Å². The van der Waals surface area contributed by atoms with E-state index in [9.17, 15) is 14.7 Å². The molecule has 31 heavy (non-hydrogen) atoms. The molecule has 1 amide bonds. The van der Waals surface area contributed by atoms with Crippen LogP contribution in [-0.2, 0) is 0 Å². The first-order valence-electron chi connectivity index (χ1n) is 11.1. The Labute approximate surface area is 183 Å². The number of aromatic nitrogens is 1. The second-order valence-electron chi connectivity index (χ2n) is 8.48. The lowest BCUT2D eigenvalue weighted by atomic mass is 9.99. The molecule has 2 aromatic rings. The smallest absolute Gasteiger partial charge is 0.339 e. The van der Waals surface area contributed by atoms with Crippen molar-refractivity contribution in [3.8, 4) is 0 Å². The normalized spacial score (nSPS) is 18.0. The molecule has 7 heteroatoms. The molecule has 4 rings (SSSR count). The van der Waals surface area contributed by atoms with Gasteiger partial charge in [0.05, 0.1) is 11.9 Å². The van der Waals surface area contributed by atoms with Crippen molar-refractivity contribution >= 4 is 23.4 Å². The van der Waals surface area contributed by atoms with Gasteiger partial charge in [-0.3, -0.25) is 4.79 Å². The number of benzene rings is 1. The molecule has 2 fully saturated rings. The first-order valence-corrected chi connectivity index (χ1v) is 11.1. The Kier molecular flexibility index (Phi) is 6.51. The number of piperidine rings is 2. The van der Waals surface area contributed by atoms with Gasteiger partial charge in [0.1, 0.15) is 11.4 Å². The number of hydrogen-bond acceptors (Lipinski definition) is 5. The number of carbonyl (C=O) groups excluding carboxylic acids is 1. The molecular formula is C24H30N4O3. The number of rotatable bonds is 5. The molecule has 0 saturated carbocycles. The van der Waals surface area contributed by atoms with E-state index < -0.39 is 5.97 Å². The Morgan fingerprint density at radius 1 is 1.03 bits per heavy atom. The maximum Gasteiger partial charge on any atom is 0.339 e. The number of anilines is 2. The maximum atomic E-state index is 12.6. The number of carboxylic acid groups (broad SMARTS) is 1. The van der Waals surface area contributed by atoms with E-state index >= 15 is 0 Å². The third-order valence-electron chi connectivity index (χ3n) is 6.42. The van der Waals surface area contributed by atoms with Gasteiger partial charge in [-0.05, 0) is 63.4 Å². The lowest BCUT2D eigenvalue weighted by Crippen LogP contribution is -2.47. The van der Waals surface area contributed by atoms with Crippen LogP contribution in [0.4, 0.5) is 11.5 Å². The van der Waals surface area contributed by atoms with E-state index in [4.69, 9.17) is 0 Å². The van der Waals surface area contributed by atoms with Gasteiger partial charge >= 0.3 is 5.97 Å². The molecule has 0 bridgehead atoms. The van der Waals surface area contributed by atoms with E-state index in [2.05, 4.69) is 20.1 Å². The van der Waals surface area contributed by atoms with Gasteiger partial charge in [0, 0.05) is 24.7 Å². The molecule has 164 valence electrons. The quantitative estimate of drug-likeness (QED) is 0.762. The summed E-state index contributed by atoms with van der Waals surface area (Å²) in [6.07, 6.45) is 7.48. The van der Waals surface area contributed by atoms with Crippen LogP contribution in [0, 0.1) is 6.92 Å². The lowest BCUT2D eigenvalue weighted by molar-refractivity contribution is 0.0696. The summed E-state index contributed by atoms with van der Waals surface area (Å²) in [5.74, 6) is -0.822. The van der Waals surface area contributed by atoms with Crippen molar-refractivity contribution in [1.82, 2.24) is 9.88 Å². The molecule has 0 spiro atoms. The number of nitrogens with one attached hydrogen (secondary N) is 1. The summed E-state index contributed by atoms with van der Waals surface area (Å²) in [5, 5.41) is 12.6. The molecule has 1 aromatic heterocycles. The summed E-state index contributed by atoms with van der Waals surface area (Å²) in [6.45, 7) is 5.82. The van der Waals surface area contributed by atoms with Crippen molar-refractivity contribution in [3.05, 3.63) is 53.2 Å². The highest BCUT2D eigenvalue weighted by Crippen LogP contribution is 2.27. The minimum Gasteiger partial charge on any atom is -0.478 e. The van der Waals surface area contributed by atoms with Crippen LogP contribution < -0.4 is 10.2 Å². The first-order chi connectivity index (χ1) is 15.0. The summed E-state index contributed by atoms with van der Waals surface area (Å²) in [7, 11) is 0. The largest absolute Gasteiger partial charge is 0.478 e. The van der Waals surface area contributed by atoms with Gasteiger partial charge in [-0.15, -0.1) is 0 Å². The number of nitrogens with zero attached hydrogens (tertiary/aromatic N) is 3. The Morgan fingerprint density at radius 2 is 1.74 bits per heavy atom. The Balaban J connectivity index is 1.46. The van der Waals surface area contributed by atoms with Crippen LogP contribution in [0.3, 0.4) is 0 Å². The summed E-state index contributed by atoms with van der Waals surface area (Å²) in [6, 6.07) is 9.39. The molecule has 0 aliphatic carbocycles. The van der Waals surface area contributed by atoms with E-state index in [1.807, 2.05) is 19.1 Å². The van der Waals surface area contributed by atoms with Gasteiger partial charge < -0.3 is 20.2 Å². The van der Waals surface area contributed by atoms with Crippen LogP contribution in [-0.4, -0.2) is 59.1 Å². The third kappa shape index (κ3) is 4.88. The summed E-state index contributed by atoms with van der Waals surface area (Å²) in [4.78, 5) is 33.6. The predicted molar refractivity (Wildman–Crippen MR) is 121 cm³/mol. The molecule has 1 aromatic carbocycles. The Hall–Kier alpha value is -2.93. The minimum atomic E-state index is -1.03. The molecular weight excluding hydrogens is 392 g/mol. The van der Waals surface area contributed by atoms with E-state index in [0.29, 0.717) is 23.1 Å². The fourth-order valence-corrected chi connectivity index (χ4v) is 4.69. The highest BCUT2D eigenvalue weighted by atomic mass is 16.4. The molecule has 2 N–H and O–H groups in total. The number of pyridine rings is 1. The zero-order chi connectivity index (χ0) is 21.8. The number of aryl methyl sites for hydroxylation is 1. The highest BCUT2D eigenvalue weighted by Gasteiger charge is 2.28. The van der Waals surface area contributed by atoms with E-state index in [-0.39, 0.29) is 11.5 Å². The topological polar surface area (TPSA) is 85.8 Å². The third-order valence-corrected chi connectivity index (χ3v) is 6.42. The number of hydrogen-bond donors (Lipinski definition) is 2. The number of carboxylic acids is 1. The van der Waals surface area contributed by atoms with E-state index in [1.165, 1.54) is 38.4 Å². The SMILES string of the molecule is Cc1ccccc1C(=O)Nc1cnc(N2CCC(N3CCCCC3)CC2)c(C(=O)O)c1. The molecule has 7 nitrogen and oxygen atoms in total. The first kappa shape index (κ1) is 21.3. The standard InChI is InChI=1S/C24H30N4O3/c1-17-7-3-4-8-20(17)23(29)26-18-15-21(24(30)31)22(25-16-18)28-13-9-19(10-14-28)27-11-5-2-6-12-27/h3-4,7-8,15-16,19H,2,5-6,9-14H2,1H3,(H,26,29)(H,30,31). The van der Waals surface area contributed by atoms with E-state index in [0.717, 1.165) is 31.5 Å². The molecule has 2 saturated heterocycles. The zero-order valence-electron chi connectivity index (χ0n) is 18.0. The van der Waals surface area contributed by atoms with Crippen LogP contribution >= 0.6 is 0 Å². The number of carbonyl (C=O) groups is 2. The molecule has 0 unspecified atom stereocenters. The van der Waals surface area contributed by atoms with Crippen molar-refractivity contribution in [3.63, 3.8) is 0 Å². The monoisotopic (exact) mass is 422 g/mol. The average Bonchev–Trinajstić information content (AvgIpc) is 2.80. The second-order valence-corrected chi connectivity index (χ2v) is 8.48. The Bertz CT molecular complexity index is 948. The van der Waals surface area contributed by atoms with Gasteiger partial charge in [0.2, 0.25) is 0 Å². The molecule has 2 aliphatic heterocycles. The summed E-state index contributed by atoms with van der Waals surface area (Å²) < 4.78 is 0. The van der Waals surface area contributed by atoms with Gasteiger partial charge in [-0.2, -0.15) is 0 Å². The van der Waals surface area contributed by atoms with Crippen LogP contribution in [0.1, 0.15) is 58.4 Å². The van der Waals surface area contributed by atoms with Crippen molar-refractivity contribution < 1.29 is 14.7 Å². The van der Waals surface area contributed by atoms with Crippen molar-refractivity contribution in [2.24, 2.45) is 0 Å². The molecule has 0 atom stereocenters. The van der Waals surface area contributed by atoms with Crippen LogP contribution in [0.15, 0.2) is 36.5 Å². The van der Waals surface area contributed by atoms with E-state index in [1.54, 1.807) is 18.3 Å². The van der Waals surface area contributed by atoms with Gasteiger partial charge in [-0.1, -0.05) is 24.6 Å². The van der Waals surface area contributed by atoms with Gasteiger partial charge in [-0.25, -0.2) is 9.78 Å². The average molecular weight is 423 g/mol. The van der Waals surface area contributed by atoms with Gasteiger partial charge in [0.15, 0.2) is 0 Å². The van der Waals surface area contributed by atoms with Crippen LogP contribution in [0.25, 0.3) is 0 Å². The fourth-order valence-electron chi connectivity index (χ4n) is 4.69. The zero-order valence-corrected chi connectivity index (χ0v) is 18.0. The van der Waals surface area contributed by atoms with Crippen molar-refractivity contribution in [1.29, 1.82) is 0 Å². The number of aromatic carboxylic acids is 1. The van der Waals surface area contributed by atoms with Crippen molar-refractivity contribution in [2.45, 2.75) is 45.1 Å². The second kappa shape index (κ2) is 9.47. The van der Waals surface area contributed by atoms with Gasteiger partial charge in [0.25, 0.3) is 5.91 Å². The molecule has 3 heterocycles. The fraction of sp³-hybridized carbons (Fsp3) is 0.458. The number of likely N-dealkylation sites (tertiary alicyclic amines) is 1. The predicted octanol–water partition coefficient (Wildman–Crippen LogP) is 3.80. The van der Waals surface area contributed by atoms with Crippen LogP contribution in [0.2, 0.25) is 0 Å². The molecule has 0 radical (unpaired) electrons. The summed E-state index contributed by atoms with van der Waals surface area (Å²) >= 11 is 0. The van der Waals surface area contributed by atoms with Crippen molar-refractivity contribution in [2.75, 3.05) is 36.4 Å². The Morgan fingerprint density at radius 3 is 2.42 bits per heavy atom.